The molecule has 0 aliphatic heterocycles. The molecule has 7 heteroatoms. The number of anilines is 1. The van der Waals surface area contributed by atoms with Crippen LogP contribution < -0.4 is 11.1 Å². The lowest BCUT2D eigenvalue weighted by Crippen LogP contribution is -2.35. The van der Waals surface area contributed by atoms with Gasteiger partial charge in [0.2, 0.25) is 0 Å². The average Bonchev–Trinajstić information content (AvgIpc) is 2.37. The van der Waals surface area contributed by atoms with E-state index in [0.717, 1.165) is 0 Å². The Kier molecular flexibility index (Phi) is 5.62. The van der Waals surface area contributed by atoms with Crippen molar-refractivity contribution in [2.75, 3.05) is 11.9 Å². The van der Waals surface area contributed by atoms with Crippen LogP contribution >= 0.6 is 0 Å². The van der Waals surface area contributed by atoms with Crippen molar-refractivity contribution in [1.82, 2.24) is 4.98 Å². The summed E-state index contributed by atoms with van der Waals surface area (Å²) in [6.07, 6.45) is -0.399. The first kappa shape index (κ1) is 17.3. The summed E-state index contributed by atoms with van der Waals surface area (Å²) in [4.78, 5) is 15.6. The molecule has 1 rings (SSSR count). The molecule has 6 nitrogen and oxygen atoms in total. The summed E-state index contributed by atoms with van der Waals surface area (Å²) in [6, 6.07) is 1.24. The Morgan fingerprint density at radius 1 is 1.57 bits per heavy atom. The largest absolute Gasteiger partial charge is 0.394 e. The molecule has 0 aromatic carbocycles. The first-order valence-corrected chi connectivity index (χ1v) is 6.68. The van der Waals surface area contributed by atoms with Crippen molar-refractivity contribution in [3.63, 3.8) is 0 Å². The Hall–Kier alpha value is -1.73. The fraction of sp³-hybridized carbons (Fsp3) is 0.571. The second-order valence-electron chi connectivity index (χ2n) is 5.60. The lowest BCUT2D eigenvalue weighted by Gasteiger charge is -2.23. The normalized spacial score (nSPS) is 14.6. The van der Waals surface area contributed by atoms with Crippen molar-refractivity contribution in [2.45, 2.75) is 45.0 Å². The van der Waals surface area contributed by atoms with Gasteiger partial charge in [-0.2, -0.15) is 0 Å². The van der Waals surface area contributed by atoms with E-state index < -0.39 is 17.7 Å². The minimum Gasteiger partial charge on any atom is -0.394 e. The molecule has 0 aliphatic rings. The van der Waals surface area contributed by atoms with E-state index >= 15 is 0 Å². The molecule has 118 valence electrons. The number of hydrogen-bond acceptors (Lipinski definition) is 5. The summed E-state index contributed by atoms with van der Waals surface area (Å²) in [5.74, 6) is -0.742. The molecule has 0 fully saturated rings. The SMILES string of the molecule is C[C@H](CO)Nc1ccnc(C[C@@H](F)C(C)(C)O)c1C(N)=O. The van der Waals surface area contributed by atoms with Crippen LogP contribution in [0.3, 0.4) is 0 Å². The highest BCUT2D eigenvalue weighted by Crippen LogP contribution is 2.23. The molecule has 0 aliphatic carbocycles. The highest BCUT2D eigenvalue weighted by Gasteiger charge is 2.29. The summed E-state index contributed by atoms with van der Waals surface area (Å²) in [6.45, 7) is 4.28. The quantitative estimate of drug-likeness (QED) is 0.590. The topological polar surface area (TPSA) is 108 Å². The van der Waals surface area contributed by atoms with Crippen LogP contribution in [0, 0.1) is 0 Å². The first-order valence-electron chi connectivity index (χ1n) is 6.68. The minimum atomic E-state index is -1.59. The van der Waals surface area contributed by atoms with E-state index in [0.29, 0.717) is 5.69 Å². The number of nitrogens with one attached hydrogen (secondary N) is 1. The van der Waals surface area contributed by atoms with Crippen molar-refractivity contribution in [3.05, 3.63) is 23.5 Å². The van der Waals surface area contributed by atoms with Gasteiger partial charge in [0.1, 0.15) is 6.17 Å². The molecule has 0 saturated heterocycles. The number of aliphatic hydroxyl groups excluding tert-OH is 1. The van der Waals surface area contributed by atoms with E-state index in [-0.39, 0.29) is 30.3 Å². The number of primary amides is 1. The van der Waals surface area contributed by atoms with Gasteiger partial charge in [0, 0.05) is 18.7 Å². The Labute approximate surface area is 123 Å². The molecule has 0 bridgehead atoms. The second-order valence-corrected chi connectivity index (χ2v) is 5.60. The van der Waals surface area contributed by atoms with Gasteiger partial charge in [0.05, 0.1) is 29.2 Å². The minimum absolute atomic E-state index is 0.0738. The van der Waals surface area contributed by atoms with Crippen LogP contribution in [0.1, 0.15) is 36.8 Å². The Morgan fingerprint density at radius 3 is 2.67 bits per heavy atom. The van der Waals surface area contributed by atoms with Crippen LogP contribution in [0.4, 0.5) is 10.1 Å². The zero-order chi connectivity index (χ0) is 16.2. The van der Waals surface area contributed by atoms with Crippen LogP contribution in [0.5, 0.6) is 0 Å². The predicted molar refractivity (Wildman–Crippen MR) is 77.8 cm³/mol. The molecular formula is C14H22FN3O3. The van der Waals surface area contributed by atoms with E-state index in [1.54, 1.807) is 6.92 Å². The number of alkyl halides is 1. The molecule has 1 heterocycles. The first-order chi connectivity index (χ1) is 9.66. The summed E-state index contributed by atoms with van der Waals surface area (Å²) >= 11 is 0. The molecule has 1 aromatic heterocycles. The lowest BCUT2D eigenvalue weighted by atomic mass is 9.96. The molecule has 1 aromatic rings. The van der Waals surface area contributed by atoms with Gasteiger partial charge in [-0.15, -0.1) is 0 Å². The lowest BCUT2D eigenvalue weighted by molar-refractivity contribution is -0.00307. The van der Waals surface area contributed by atoms with Gasteiger partial charge in [0.25, 0.3) is 5.91 Å². The second kappa shape index (κ2) is 6.82. The molecule has 0 unspecified atom stereocenters. The van der Waals surface area contributed by atoms with Crippen LogP contribution in [0.2, 0.25) is 0 Å². The highest BCUT2D eigenvalue weighted by molar-refractivity contribution is 5.99. The Morgan fingerprint density at radius 2 is 2.19 bits per heavy atom. The van der Waals surface area contributed by atoms with Crippen molar-refractivity contribution in [1.29, 1.82) is 0 Å². The fourth-order valence-electron chi connectivity index (χ4n) is 1.79. The summed E-state index contributed by atoms with van der Waals surface area (Å²) in [5, 5.41) is 21.6. The zero-order valence-corrected chi connectivity index (χ0v) is 12.4. The van der Waals surface area contributed by atoms with E-state index in [2.05, 4.69) is 10.3 Å². The van der Waals surface area contributed by atoms with Gasteiger partial charge < -0.3 is 21.3 Å². The van der Waals surface area contributed by atoms with Crippen molar-refractivity contribution in [3.8, 4) is 0 Å². The molecular weight excluding hydrogens is 277 g/mol. The third kappa shape index (κ3) is 4.64. The van der Waals surface area contributed by atoms with Crippen molar-refractivity contribution >= 4 is 11.6 Å². The number of aromatic nitrogens is 1. The molecule has 21 heavy (non-hydrogen) atoms. The number of hydrogen-bond donors (Lipinski definition) is 4. The van der Waals surface area contributed by atoms with E-state index in [1.807, 2.05) is 0 Å². The number of carbonyl (C=O) groups excluding carboxylic acids is 1. The Bertz CT molecular complexity index is 503. The third-order valence-electron chi connectivity index (χ3n) is 3.09. The van der Waals surface area contributed by atoms with Crippen molar-refractivity contribution < 1.29 is 19.4 Å². The van der Waals surface area contributed by atoms with Crippen molar-refractivity contribution in [2.24, 2.45) is 5.73 Å². The smallest absolute Gasteiger partial charge is 0.252 e. The fourth-order valence-corrected chi connectivity index (χ4v) is 1.79. The highest BCUT2D eigenvalue weighted by atomic mass is 19.1. The zero-order valence-electron chi connectivity index (χ0n) is 12.4. The van der Waals surface area contributed by atoms with Gasteiger partial charge in [-0.25, -0.2) is 4.39 Å². The van der Waals surface area contributed by atoms with Crippen LogP contribution in [-0.4, -0.2) is 45.5 Å². The number of aliphatic hydroxyl groups is 2. The molecule has 2 atom stereocenters. The van der Waals surface area contributed by atoms with E-state index in [9.17, 15) is 14.3 Å². The van der Waals surface area contributed by atoms with Gasteiger partial charge in [0.15, 0.2) is 0 Å². The monoisotopic (exact) mass is 299 g/mol. The maximum Gasteiger partial charge on any atom is 0.252 e. The summed E-state index contributed by atoms with van der Waals surface area (Å²) in [5.41, 5.74) is 4.44. The van der Waals surface area contributed by atoms with Crippen LogP contribution in [0.15, 0.2) is 12.3 Å². The predicted octanol–water partition coefficient (Wildman–Crippen LogP) is 0.625. The molecule has 0 spiro atoms. The summed E-state index contributed by atoms with van der Waals surface area (Å²) < 4.78 is 14.0. The third-order valence-corrected chi connectivity index (χ3v) is 3.09. The van der Waals surface area contributed by atoms with Crippen LogP contribution in [-0.2, 0) is 6.42 Å². The molecule has 0 radical (unpaired) electrons. The molecule has 1 amide bonds. The number of halogens is 1. The summed E-state index contributed by atoms with van der Waals surface area (Å²) in [7, 11) is 0. The maximum absolute atomic E-state index is 14.0. The van der Waals surface area contributed by atoms with Gasteiger partial charge >= 0.3 is 0 Å². The van der Waals surface area contributed by atoms with Gasteiger partial charge in [-0.3, -0.25) is 9.78 Å². The molecule has 5 N–H and O–H groups in total. The maximum atomic E-state index is 14.0. The molecule has 0 saturated carbocycles. The Balaban J connectivity index is 3.15. The average molecular weight is 299 g/mol. The van der Waals surface area contributed by atoms with Crippen LogP contribution in [0.25, 0.3) is 0 Å². The standard InChI is InChI=1S/C14H22FN3O3/c1-8(7-19)18-9-4-5-17-10(12(9)13(16)20)6-11(15)14(2,3)21/h4-5,8,11,19,21H,6-7H2,1-3H3,(H2,16,20)(H,17,18)/t8-,11-/m1/s1. The number of carbonyl (C=O) groups is 1. The number of amides is 1. The number of pyridine rings is 1. The number of rotatable bonds is 7. The van der Waals surface area contributed by atoms with E-state index in [4.69, 9.17) is 10.8 Å². The van der Waals surface area contributed by atoms with Gasteiger partial charge in [-0.05, 0) is 26.8 Å². The number of nitrogens with two attached hydrogens (primary N) is 1. The number of nitrogens with zero attached hydrogens (tertiary/aromatic N) is 1. The van der Waals surface area contributed by atoms with E-state index in [1.165, 1.54) is 26.1 Å². The van der Waals surface area contributed by atoms with Gasteiger partial charge in [-0.1, -0.05) is 0 Å².